The van der Waals surface area contributed by atoms with Gasteiger partial charge in [-0.3, -0.25) is 0 Å². The van der Waals surface area contributed by atoms with Crippen molar-refractivity contribution in [1.29, 1.82) is 0 Å². The van der Waals surface area contributed by atoms with Crippen LogP contribution in [-0.2, 0) is 0 Å². The van der Waals surface area contributed by atoms with Crippen molar-refractivity contribution in [1.82, 2.24) is 4.98 Å². The van der Waals surface area contributed by atoms with Crippen LogP contribution in [0, 0.1) is 12.3 Å². The van der Waals surface area contributed by atoms with E-state index in [1.165, 1.54) is 6.42 Å². The molecule has 0 bridgehead atoms. The molecule has 90 valence electrons. The molecule has 16 heavy (non-hydrogen) atoms. The highest BCUT2D eigenvalue weighted by Crippen LogP contribution is 2.41. The summed E-state index contributed by atoms with van der Waals surface area (Å²) in [5.74, 6) is 0. The van der Waals surface area contributed by atoms with Gasteiger partial charge in [0.25, 0.3) is 5.22 Å². The first-order valence-electron chi connectivity index (χ1n) is 5.81. The molecule has 0 spiro atoms. The number of nitrogens with zero attached hydrogens (tertiary/aromatic N) is 1. The Labute approximate surface area is 101 Å². The van der Waals surface area contributed by atoms with Crippen LogP contribution in [0.3, 0.4) is 0 Å². The maximum absolute atomic E-state index is 6.16. The molecular weight excluding hydrogens is 220 g/mol. The van der Waals surface area contributed by atoms with Crippen molar-refractivity contribution in [2.45, 2.75) is 56.5 Å². The Kier molecular flexibility index (Phi) is 3.31. The van der Waals surface area contributed by atoms with Crippen LogP contribution in [-0.4, -0.2) is 16.3 Å². The van der Waals surface area contributed by atoms with Crippen LogP contribution in [0.2, 0.25) is 0 Å². The van der Waals surface area contributed by atoms with Crippen molar-refractivity contribution >= 4 is 11.8 Å². The number of rotatable bonds is 2. The summed E-state index contributed by atoms with van der Waals surface area (Å²) in [6, 6.07) is 0.269. The van der Waals surface area contributed by atoms with E-state index >= 15 is 0 Å². The molecule has 2 unspecified atom stereocenters. The Morgan fingerprint density at radius 2 is 2.31 bits per heavy atom. The minimum atomic E-state index is 0.269. The zero-order valence-corrected chi connectivity index (χ0v) is 11.0. The zero-order valence-electron chi connectivity index (χ0n) is 10.2. The first-order chi connectivity index (χ1) is 7.46. The number of nitrogens with two attached hydrogens (primary N) is 1. The van der Waals surface area contributed by atoms with Gasteiger partial charge < -0.3 is 10.2 Å². The molecule has 2 rings (SSSR count). The van der Waals surface area contributed by atoms with Crippen LogP contribution in [0.4, 0.5) is 0 Å². The molecule has 1 heterocycles. The molecule has 0 aliphatic heterocycles. The topological polar surface area (TPSA) is 52.0 Å². The lowest BCUT2D eigenvalue weighted by atomic mass is 9.75. The Morgan fingerprint density at radius 1 is 1.56 bits per heavy atom. The average molecular weight is 240 g/mol. The van der Waals surface area contributed by atoms with Crippen molar-refractivity contribution < 1.29 is 4.42 Å². The third kappa shape index (κ3) is 2.80. The van der Waals surface area contributed by atoms with Crippen LogP contribution in [0.1, 0.15) is 38.8 Å². The molecule has 3 nitrogen and oxygen atoms in total. The fraction of sp³-hybridized carbons (Fsp3) is 0.750. The minimum absolute atomic E-state index is 0.269. The molecule has 1 aliphatic carbocycles. The SMILES string of the molecule is Cc1coc(SC2CC(C)(C)CCC2N)n1. The molecule has 0 aromatic carbocycles. The number of aryl methyl sites for hydroxylation is 1. The summed E-state index contributed by atoms with van der Waals surface area (Å²) in [5.41, 5.74) is 7.50. The molecule has 1 fully saturated rings. The van der Waals surface area contributed by atoms with E-state index in [1.807, 2.05) is 6.92 Å². The van der Waals surface area contributed by atoms with Crippen molar-refractivity contribution in [2.75, 3.05) is 0 Å². The van der Waals surface area contributed by atoms with Crippen LogP contribution >= 0.6 is 11.8 Å². The lowest BCUT2D eigenvalue weighted by Crippen LogP contribution is -2.41. The fourth-order valence-electron chi connectivity index (χ4n) is 2.19. The largest absolute Gasteiger partial charge is 0.440 e. The van der Waals surface area contributed by atoms with Gasteiger partial charge in [-0.1, -0.05) is 25.6 Å². The lowest BCUT2D eigenvalue weighted by molar-refractivity contribution is 0.231. The van der Waals surface area contributed by atoms with Gasteiger partial charge in [0.2, 0.25) is 0 Å². The van der Waals surface area contributed by atoms with E-state index < -0.39 is 0 Å². The molecule has 1 aliphatic rings. The van der Waals surface area contributed by atoms with E-state index in [2.05, 4.69) is 18.8 Å². The molecule has 0 radical (unpaired) electrons. The lowest BCUT2D eigenvalue weighted by Gasteiger charge is -2.38. The number of hydrogen-bond donors (Lipinski definition) is 1. The standard InChI is InChI=1S/C12H20N2OS/c1-8-7-15-11(14-8)16-10-6-12(2,3)5-4-9(10)13/h7,9-10H,4-6,13H2,1-3H3. The highest BCUT2D eigenvalue weighted by atomic mass is 32.2. The monoisotopic (exact) mass is 240 g/mol. The van der Waals surface area contributed by atoms with E-state index in [1.54, 1.807) is 18.0 Å². The molecular formula is C12H20N2OS. The molecule has 0 amide bonds. The van der Waals surface area contributed by atoms with E-state index in [-0.39, 0.29) is 6.04 Å². The number of oxazole rings is 1. The van der Waals surface area contributed by atoms with Crippen LogP contribution < -0.4 is 5.73 Å². The second-order valence-corrected chi connectivity index (χ2v) is 6.67. The van der Waals surface area contributed by atoms with Gasteiger partial charge in [0.05, 0.1) is 5.69 Å². The molecule has 1 aromatic heterocycles. The second kappa shape index (κ2) is 4.41. The van der Waals surface area contributed by atoms with Gasteiger partial charge in [-0.2, -0.15) is 0 Å². The Morgan fingerprint density at radius 3 is 2.94 bits per heavy atom. The molecule has 1 saturated carbocycles. The fourth-order valence-corrected chi connectivity index (χ4v) is 3.59. The zero-order chi connectivity index (χ0) is 11.8. The highest BCUT2D eigenvalue weighted by molar-refractivity contribution is 7.99. The summed E-state index contributed by atoms with van der Waals surface area (Å²) in [4.78, 5) is 4.33. The third-order valence-electron chi connectivity index (χ3n) is 3.24. The van der Waals surface area contributed by atoms with Crippen LogP contribution in [0.25, 0.3) is 0 Å². The summed E-state index contributed by atoms with van der Waals surface area (Å²) >= 11 is 1.69. The van der Waals surface area contributed by atoms with E-state index in [4.69, 9.17) is 10.2 Å². The predicted molar refractivity (Wildman–Crippen MR) is 66.5 cm³/mol. The van der Waals surface area contributed by atoms with Gasteiger partial charge in [0, 0.05) is 11.3 Å². The minimum Gasteiger partial charge on any atom is -0.440 e. The van der Waals surface area contributed by atoms with Crippen molar-refractivity contribution in [3.63, 3.8) is 0 Å². The number of aromatic nitrogens is 1. The van der Waals surface area contributed by atoms with Crippen molar-refractivity contribution in [3.05, 3.63) is 12.0 Å². The Balaban J connectivity index is 2.02. The van der Waals surface area contributed by atoms with Crippen molar-refractivity contribution in [3.8, 4) is 0 Å². The molecule has 1 aromatic rings. The van der Waals surface area contributed by atoms with Crippen LogP contribution in [0.15, 0.2) is 15.9 Å². The predicted octanol–water partition coefficient (Wildman–Crippen LogP) is 2.98. The molecule has 4 heteroatoms. The van der Waals surface area contributed by atoms with E-state index in [0.29, 0.717) is 10.7 Å². The first kappa shape index (κ1) is 12.0. The quantitative estimate of drug-likeness (QED) is 0.863. The summed E-state index contributed by atoms with van der Waals surface area (Å²) in [5, 5.41) is 1.19. The van der Waals surface area contributed by atoms with Gasteiger partial charge in [-0.05, 0) is 31.6 Å². The van der Waals surface area contributed by atoms with E-state index in [9.17, 15) is 0 Å². The Bertz CT molecular complexity index is 362. The normalized spacial score (nSPS) is 29.2. The average Bonchev–Trinajstić information content (AvgIpc) is 2.58. The Hall–Kier alpha value is -0.480. The third-order valence-corrected chi connectivity index (χ3v) is 4.44. The summed E-state index contributed by atoms with van der Waals surface area (Å²) in [6.07, 6.45) is 5.16. The molecule has 0 saturated heterocycles. The molecule has 2 atom stereocenters. The van der Waals surface area contributed by atoms with Gasteiger partial charge in [0.15, 0.2) is 0 Å². The van der Waals surface area contributed by atoms with Crippen LogP contribution in [0.5, 0.6) is 0 Å². The number of thioether (sulfide) groups is 1. The van der Waals surface area contributed by atoms with Gasteiger partial charge in [0.1, 0.15) is 6.26 Å². The smallest absolute Gasteiger partial charge is 0.256 e. The maximum atomic E-state index is 6.16. The maximum Gasteiger partial charge on any atom is 0.256 e. The van der Waals surface area contributed by atoms with Gasteiger partial charge >= 0.3 is 0 Å². The van der Waals surface area contributed by atoms with E-state index in [0.717, 1.165) is 23.8 Å². The molecule has 2 N–H and O–H groups in total. The summed E-state index contributed by atoms with van der Waals surface area (Å²) < 4.78 is 5.38. The summed E-state index contributed by atoms with van der Waals surface area (Å²) in [6.45, 7) is 6.57. The first-order valence-corrected chi connectivity index (χ1v) is 6.69. The van der Waals surface area contributed by atoms with Gasteiger partial charge in [-0.25, -0.2) is 4.98 Å². The summed E-state index contributed by atoms with van der Waals surface area (Å²) in [7, 11) is 0. The number of hydrogen-bond acceptors (Lipinski definition) is 4. The van der Waals surface area contributed by atoms with Gasteiger partial charge in [-0.15, -0.1) is 0 Å². The van der Waals surface area contributed by atoms with Crippen molar-refractivity contribution in [2.24, 2.45) is 11.1 Å². The second-order valence-electron chi connectivity index (χ2n) is 5.48. The highest BCUT2D eigenvalue weighted by Gasteiger charge is 2.34.